The quantitative estimate of drug-likeness (QED) is 0.857. The highest BCUT2D eigenvalue weighted by atomic mass is 19.1. The Labute approximate surface area is 130 Å². The van der Waals surface area contributed by atoms with Gasteiger partial charge in [-0.25, -0.2) is 4.39 Å². The van der Waals surface area contributed by atoms with Crippen LogP contribution in [-0.4, -0.2) is 11.9 Å². The molecule has 0 aromatic heterocycles. The molecule has 0 heterocycles. The Balaban J connectivity index is 1.87. The summed E-state index contributed by atoms with van der Waals surface area (Å²) in [4.78, 5) is 12.1. The van der Waals surface area contributed by atoms with Crippen LogP contribution < -0.4 is 10.6 Å². The highest BCUT2D eigenvalue weighted by Crippen LogP contribution is 2.12. The van der Waals surface area contributed by atoms with E-state index >= 15 is 0 Å². The number of anilines is 1. The van der Waals surface area contributed by atoms with Crippen LogP contribution in [0.4, 0.5) is 10.1 Å². The van der Waals surface area contributed by atoms with E-state index in [0.29, 0.717) is 6.54 Å². The number of carbonyl (C=O) groups excluding carboxylic acids is 1. The molecular weight excluding hydrogens is 279 g/mol. The zero-order valence-corrected chi connectivity index (χ0v) is 12.9. The molecule has 0 saturated heterocycles. The molecule has 4 heteroatoms. The molecule has 1 atom stereocenters. The minimum atomic E-state index is -0.340. The molecule has 2 aromatic rings. The number of hydrogen-bond acceptors (Lipinski definition) is 2. The molecule has 22 heavy (non-hydrogen) atoms. The van der Waals surface area contributed by atoms with Crippen molar-refractivity contribution >= 4 is 11.6 Å². The van der Waals surface area contributed by atoms with Gasteiger partial charge in [0.25, 0.3) is 0 Å². The molecule has 116 valence electrons. The molecule has 3 nitrogen and oxygen atoms in total. The number of rotatable bonds is 6. The van der Waals surface area contributed by atoms with Crippen LogP contribution in [-0.2, 0) is 17.8 Å². The summed E-state index contributed by atoms with van der Waals surface area (Å²) in [5, 5.41) is 6.03. The van der Waals surface area contributed by atoms with Crippen LogP contribution in [0.3, 0.4) is 0 Å². The van der Waals surface area contributed by atoms with Crippen molar-refractivity contribution in [3.05, 3.63) is 65.5 Å². The van der Waals surface area contributed by atoms with Gasteiger partial charge < -0.3 is 10.6 Å². The van der Waals surface area contributed by atoms with Gasteiger partial charge >= 0.3 is 0 Å². The molecule has 0 fully saturated rings. The topological polar surface area (TPSA) is 41.1 Å². The summed E-state index contributed by atoms with van der Waals surface area (Å²) in [5.41, 5.74) is 3.03. The third-order valence-corrected chi connectivity index (χ3v) is 3.49. The minimum Gasteiger partial charge on any atom is -0.374 e. The number of benzene rings is 2. The maximum Gasteiger partial charge on any atom is 0.242 e. The van der Waals surface area contributed by atoms with Crippen molar-refractivity contribution in [3.63, 3.8) is 0 Å². The van der Waals surface area contributed by atoms with Crippen LogP contribution >= 0.6 is 0 Å². The lowest BCUT2D eigenvalue weighted by molar-refractivity contribution is -0.121. The molecule has 0 aliphatic carbocycles. The maximum absolute atomic E-state index is 12.8. The molecule has 1 amide bonds. The summed E-state index contributed by atoms with van der Waals surface area (Å²) < 4.78 is 12.8. The second kappa shape index (κ2) is 7.59. The fraction of sp³-hybridized carbons (Fsp3) is 0.278. The van der Waals surface area contributed by atoms with Gasteiger partial charge in [0.2, 0.25) is 5.91 Å². The van der Waals surface area contributed by atoms with Crippen LogP contribution in [0.25, 0.3) is 0 Å². The number of nitrogens with one attached hydrogen (secondary N) is 2. The summed E-state index contributed by atoms with van der Waals surface area (Å²) >= 11 is 0. The average Bonchev–Trinajstić information content (AvgIpc) is 2.54. The predicted molar refractivity (Wildman–Crippen MR) is 87.2 cm³/mol. The first kappa shape index (κ1) is 16.0. The smallest absolute Gasteiger partial charge is 0.242 e. The lowest BCUT2D eigenvalue weighted by atomic mass is 10.1. The van der Waals surface area contributed by atoms with Crippen LogP contribution in [0.5, 0.6) is 0 Å². The van der Waals surface area contributed by atoms with Crippen molar-refractivity contribution in [2.24, 2.45) is 0 Å². The first-order valence-electron chi connectivity index (χ1n) is 7.46. The van der Waals surface area contributed by atoms with Gasteiger partial charge in [-0.05, 0) is 48.7 Å². The van der Waals surface area contributed by atoms with Gasteiger partial charge in [0.15, 0.2) is 0 Å². The van der Waals surface area contributed by atoms with Crippen molar-refractivity contribution in [3.8, 4) is 0 Å². The molecule has 0 saturated carbocycles. The Kier molecular flexibility index (Phi) is 5.53. The maximum atomic E-state index is 12.8. The number of halogens is 1. The Morgan fingerprint density at radius 1 is 1.14 bits per heavy atom. The van der Waals surface area contributed by atoms with Crippen LogP contribution in [0.1, 0.15) is 25.0 Å². The lowest BCUT2D eigenvalue weighted by Crippen LogP contribution is -2.37. The molecule has 2 N–H and O–H groups in total. The van der Waals surface area contributed by atoms with E-state index in [1.54, 1.807) is 12.1 Å². The Bertz CT molecular complexity index is 625. The van der Waals surface area contributed by atoms with E-state index in [9.17, 15) is 9.18 Å². The summed E-state index contributed by atoms with van der Waals surface area (Å²) in [6.07, 6.45) is 0.959. The van der Waals surface area contributed by atoms with Crippen molar-refractivity contribution in [1.82, 2.24) is 5.32 Å². The van der Waals surface area contributed by atoms with E-state index in [-0.39, 0.29) is 17.8 Å². The van der Waals surface area contributed by atoms with Crippen LogP contribution in [0.15, 0.2) is 48.5 Å². The molecular formula is C18H21FN2O. The summed E-state index contributed by atoms with van der Waals surface area (Å²) in [6.45, 7) is 4.30. The molecule has 0 bridgehead atoms. The molecule has 0 spiro atoms. The van der Waals surface area contributed by atoms with Crippen LogP contribution in [0, 0.1) is 5.82 Å². The molecule has 2 aromatic carbocycles. The average molecular weight is 300 g/mol. The molecule has 0 radical (unpaired) electrons. The number of hydrogen-bond donors (Lipinski definition) is 2. The first-order valence-corrected chi connectivity index (χ1v) is 7.46. The molecule has 1 unspecified atom stereocenters. The van der Waals surface area contributed by atoms with Gasteiger partial charge in [-0.15, -0.1) is 0 Å². The summed E-state index contributed by atoms with van der Waals surface area (Å²) in [7, 11) is 0. The Morgan fingerprint density at radius 2 is 1.86 bits per heavy atom. The fourth-order valence-corrected chi connectivity index (χ4v) is 2.14. The van der Waals surface area contributed by atoms with E-state index in [1.807, 2.05) is 25.1 Å². The summed E-state index contributed by atoms with van der Waals surface area (Å²) in [5.74, 6) is -0.368. The van der Waals surface area contributed by atoms with Gasteiger partial charge in [0.1, 0.15) is 11.9 Å². The minimum absolute atomic E-state index is 0.0915. The third-order valence-electron chi connectivity index (χ3n) is 3.49. The molecule has 0 aliphatic heterocycles. The highest BCUT2D eigenvalue weighted by molar-refractivity contribution is 5.84. The van der Waals surface area contributed by atoms with Crippen molar-refractivity contribution in [1.29, 1.82) is 0 Å². The van der Waals surface area contributed by atoms with Crippen molar-refractivity contribution in [2.75, 3.05) is 5.32 Å². The van der Waals surface area contributed by atoms with Crippen molar-refractivity contribution < 1.29 is 9.18 Å². The molecule has 0 aliphatic rings. The van der Waals surface area contributed by atoms with Gasteiger partial charge in [-0.1, -0.05) is 31.2 Å². The first-order chi connectivity index (χ1) is 10.6. The van der Waals surface area contributed by atoms with E-state index in [0.717, 1.165) is 17.7 Å². The largest absolute Gasteiger partial charge is 0.374 e. The van der Waals surface area contributed by atoms with Gasteiger partial charge in [-0.3, -0.25) is 4.79 Å². The normalized spacial score (nSPS) is 11.8. The lowest BCUT2D eigenvalue weighted by Gasteiger charge is -2.16. The van der Waals surface area contributed by atoms with Gasteiger partial charge in [-0.2, -0.15) is 0 Å². The van der Waals surface area contributed by atoms with E-state index in [4.69, 9.17) is 0 Å². The second-order valence-corrected chi connectivity index (χ2v) is 5.26. The predicted octanol–water partition coefficient (Wildman–Crippen LogP) is 3.50. The number of carbonyl (C=O) groups is 1. The Morgan fingerprint density at radius 3 is 2.55 bits per heavy atom. The highest BCUT2D eigenvalue weighted by Gasteiger charge is 2.12. The summed E-state index contributed by atoms with van der Waals surface area (Å²) in [6, 6.07) is 13.8. The number of aryl methyl sites for hydroxylation is 1. The van der Waals surface area contributed by atoms with E-state index in [1.165, 1.54) is 17.7 Å². The van der Waals surface area contributed by atoms with Gasteiger partial charge in [0.05, 0.1) is 0 Å². The fourth-order valence-electron chi connectivity index (χ4n) is 2.14. The second-order valence-electron chi connectivity index (χ2n) is 5.26. The SMILES string of the molecule is CCc1cccc(NC(C)C(=O)NCc2ccc(F)cc2)c1. The molecule has 2 rings (SSSR count). The zero-order valence-electron chi connectivity index (χ0n) is 12.9. The van der Waals surface area contributed by atoms with E-state index < -0.39 is 0 Å². The monoisotopic (exact) mass is 300 g/mol. The van der Waals surface area contributed by atoms with Crippen LogP contribution in [0.2, 0.25) is 0 Å². The standard InChI is InChI=1S/C18H21FN2O/c1-3-14-5-4-6-17(11-14)21-13(2)18(22)20-12-15-7-9-16(19)10-8-15/h4-11,13,21H,3,12H2,1-2H3,(H,20,22). The van der Waals surface area contributed by atoms with Crippen molar-refractivity contribution in [2.45, 2.75) is 32.9 Å². The van der Waals surface area contributed by atoms with E-state index in [2.05, 4.69) is 23.6 Å². The Hall–Kier alpha value is -2.36. The number of amides is 1. The van der Waals surface area contributed by atoms with Gasteiger partial charge in [0, 0.05) is 12.2 Å². The zero-order chi connectivity index (χ0) is 15.9. The third kappa shape index (κ3) is 4.58.